The number of azide groups is 1. The zero-order valence-corrected chi connectivity index (χ0v) is 17.7. The van der Waals surface area contributed by atoms with E-state index in [1.807, 2.05) is 6.07 Å². The van der Waals surface area contributed by atoms with Crippen LogP contribution in [0.3, 0.4) is 0 Å². The van der Waals surface area contributed by atoms with Crippen molar-refractivity contribution in [1.82, 2.24) is 4.90 Å². The average Bonchev–Trinajstić information content (AvgIpc) is 3.11. The summed E-state index contributed by atoms with van der Waals surface area (Å²) in [7, 11) is -4.28. The van der Waals surface area contributed by atoms with Gasteiger partial charge in [0.05, 0.1) is 6.04 Å². The molecule has 4 rings (SSSR count). The van der Waals surface area contributed by atoms with Crippen molar-refractivity contribution in [1.29, 1.82) is 0 Å². The summed E-state index contributed by atoms with van der Waals surface area (Å²) in [6.45, 7) is 1.54. The molecule has 1 amide bonds. The summed E-state index contributed by atoms with van der Waals surface area (Å²) in [5, 5.41) is 3.45. The number of rotatable bonds is 7. The largest absolute Gasteiger partial charge is 0.456 e. The first-order chi connectivity index (χ1) is 15.3. The van der Waals surface area contributed by atoms with Gasteiger partial charge in [0.15, 0.2) is 11.5 Å². The Labute approximate surface area is 183 Å². The Morgan fingerprint density at radius 3 is 2.56 bits per heavy atom. The van der Waals surface area contributed by atoms with Crippen molar-refractivity contribution in [3.8, 4) is 0 Å². The molecular weight excluding hydrogens is 436 g/mol. The van der Waals surface area contributed by atoms with E-state index in [2.05, 4.69) is 10.0 Å². The Bertz CT molecular complexity index is 1270. The number of esters is 1. The summed E-state index contributed by atoms with van der Waals surface area (Å²) >= 11 is 0. The minimum atomic E-state index is -4.28. The molecule has 2 aromatic carbocycles. The molecule has 2 atom stereocenters. The molecule has 1 fully saturated rings. The van der Waals surface area contributed by atoms with Gasteiger partial charge in [0.2, 0.25) is 5.91 Å². The minimum Gasteiger partial charge on any atom is -0.456 e. The second-order valence-electron chi connectivity index (χ2n) is 7.27. The predicted octanol–water partition coefficient (Wildman–Crippen LogP) is 2.95. The number of benzene rings is 2. The number of fused-ring (bicyclic) bond motifs is 1. The summed E-state index contributed by atoms with van der Waals surface area (Å²) in [6, 6.07) is 13.4. The fourth-order valence-corrected chi connectivity index (χ4v) is 4.91. The third-order valence-corrected chi connectivity index (χ3v) is 6.66. The number of aryl methyl sites for hydroxylation is 1. The highest BCUT2D eigenvalue weighted by Gasteiger charge is 2.56. The van der Waals surface area contributed by atoms with E-state index < -0.39 is 34.1 Å². The van der Waals surface area contributed by atoms with Crippen molar-refractivity contribution in [2.24, 2.45) is 5.11 Å². The number of hydrogen-bond acceptors (Lipinski definition) is 7. The lowest BCUT2D eigenvalue weighted by molar-refractivity contribution is -0.152. The molecule has 2 aliphatic heterocycles. The highest BCUT2D eigenvalue weighted by atomic mass is 32.2. The van der Waals surface area contributed by atoms with Crippen LogP contribution in [0.2, 0.25) is 0 Å². The third kappa shape index (κ3) is 3.79. The van der Waals surface area contributed by atoms with Crippen LogP contribution in [-0.2, 0) is 35.2 Å². The monoisotopic (exact) mass is 454 g/mol. The Balaban J connectivity index is 1.65. The highest BCUT2D eigenvalue weighted by molar-refractivity contribution is 7.87. The van der Waals surface area contributed by atoms with Crippen LogP contribution in [0.25, 0.3) is 10.4 Å². The number of carbonyl (C=O) groups excluding carboxylic acids is 2. The lowest BCUT2D eigenvalue weighted by Gasteiger charge is -2.40. The summed E-state index contributed by atoms with van der Waals surface area (Å²) < 4.78 is 36.4. The van der Waals surface area contributed by atoms with E-state index in [0.717, 1.165) is 4.90 Å². The molecule has 2 unspecified atom stereocenters. The molecule has 0 saturated carbocycles. The molecule has 0 spiro atoms. The van der Waals surface area contributed by atoms with E-state index in [9.17, 15) is 18.0 Å². The standard InChI is InChI=1S/C21H18N4O6S/c1-13-7-5-6-10-17(13)32(28,29)31-16-11-15-18(23-24-22)20(26)25(15)19(16)21(27)30-12-14-8-3-2-4-9-14/h2-10,15,18H,11-12H2,1H3. The molecule has 10 nitrogen and oxygen atoms in total. The van der Waals surface area contributed by atoms with Gasteiger partial charge in [-0.25, -0.2) is 4.79 Å². The quantitative estimate of drug-likeness (QED) is 0.157. The van der Waals surface area contributed by atoms with Crippen LogP contribution in [0.1, 0.15) is 17.5 Å². The van der Waals surface area contributed by atoms with Gasteiger partial charge in [-0.05, 0) is 29.6 Å². The second-order valence-corrected chi connectivity index (χ2v) is 8.78. The number of β-lactam (4-membered cyclic amide) rings is 1. The summed E-state index contributed by atoms with van der Waals surface area (Å²) in [5.74, 6) is -1.74. The molecule has 11 heteroatoms. The van der Waals surface area contributed by atoms with Gasteiger partial charge in [-0.2, -0.15) is 8.42 Å². The SMILES string of the molecule is Cc1ccccc1S(=O)(=O)OC1=C(C(=O)OCc2ccccc2)N2C(=O)C(N=[N+]=[N-])C2C1. The molecule has 2 aromatic rings. The Morgan fingerprint density at radius 2 is 1.88 bits per heavy atom. The molecule has 164 valence electrons. The van der Waals surface area contributed by atoms with Gasteiger partial charge >= 0.3 is 16.1 Å². The van der Waals surface area contributed by atoms with Crippen molar-refractivity contribution >= 4 is 22.0 Å². The number of ether oxygens (including phenoxy) is 1. The van der Waals surface area contributed by atoms with Crippen LogP contribution in [0.4, 0.5) is 0 Å². The van der Waals surface area contributed by atoms with Gasteiger partial charge in [-0.3, -0.25) is 9.69 Å². The topological polar surface area (TPSA) is 139 Å². The first-order valence-electron chi connectivity index (χ1n) is 9.65. The van der Waals surface area contributed by atoms with E-state index in [-0.39, 0.29) is 29.4 Å². The van der Waals surface area contributed by atoms with Crippen LogP contribution >= 0.6 is 0 Å². The zero-order chi connectivity index (χ0) is 22.9. The van der Waals surface area contributed by atoms with Crippen LogP contribution in [0.5, 0.6) is 0 Å². The molecule has 0 aliphatic carbocycles. The minimum absolute atomic E-state index is 0.0586. The Morgan fingerprint density at radius 1 is 1.19 bits per heavy atom. The summed E-state index contributed by atoms with van der Waals surface area (Å²) in [6.07, 6.45) is -0.101. The number of hydrogen-bond donors (Lipinski definition) is 0. The molecular formula is C21H18N4O6S. The summed E-state index contributed by atoms with van der Waals surface area (Å²) in [4.78, 5) is 29.0. The maximum atomic E-state index is 12.9. The molecule has 2 aliphatic rings. The fourth-order valence-electron chi connectivity index (χ4n) is 3.70. The van der Waals surface area contributed by atoms with Gasteiger partial charge in [0.25, 0.3) is 0 Å². The first-order valence-corrected chi connectivity index (χ1v) is 11.1. The zero-order valence-electron chi connectivity index (χ0n) is 16.9. The maximum absolute atomic E-state index is 12.9. The van der Waals surface area contributed by atoms with Crippen LogP contribution in [0.15, 0.2) is 76.1 Å². The van der Waals surface area contributed by atoms with E-state index in [0.29, 0.717) is 11.1 Å². The molecule has 0 bridgehead atoms. The fraction of sp³-hybridized carbons (Fsp3) is 0.238. The van der Waals surface area contributed by atoms with Gasteiger partial charge in [0, 0.05) is 11.3 Å². The lowest BCUT2D eigenvalue weighted by Crippen LogP contribution is -2.61. The average molecular weight is 454 g/mol. The van der Waals surface area contributed by atoms with Gasteiger partial charge in [-0.15, -0.1) is 0 Å². The number of amides is 1. The third-order valence-electron chi connectivity index (χ3n) is 5.24. The van der Waals surface area contributed by atoms with E-state index in [1.54, 1.807) is 49.4 Å². The Kier molecular flexibility index (Phi) is 5.60. The summed E-state index contributed by atoms with van der Waals surface area (Å²) in [5.41, 5.74) is 9.60. The van der Waals surface area contributed by atoms with Crippen LogP contribution < -0.4 is 0 Å². The molecule has 0 radical (unpaired) electrons. The smallest absolute Gasteiger partial charge is 0.358 e. The van der Waals surface area contributed by atoms with Crippen molar-refractivity contribution < 1.29 is 26.9 Å². The van der Waals surface area contributed by atoms with Crippen LogP contribution in [0, 0.1) is 6.92 Å². The van der Waals surface area contributed by atoms with Gasteiger partial charge in [-0.1, -0.05) is 53.6 Å². The first kappa shape index (κ1) is 21.4. The number of carbonyl (C=O) groups is 2. The van der Waals surface area contributed by atoms with Crippen molar-refractivity contribution in [2.45, 2.75) is 36.9 Å². The highest BCUT2D eigenvalue weighted by Crippen LogP contribution is 2.42. The van der Waals surface area contributed by atoms with Crippen molar-refractivity contribution in [3.05, 3.63) is 87.6 Å². The Hall–Kier alpha value is -3.82. The van der Waals surface area contributed by atoms with E-state index >= 15 is 0 Å². The molecule has 0 N–H and O–H groups in total. The normalized spacial score (nSPS) is 19.7. The second kappa shape index (κ2) is 8.37. The maximum Gasteiger partial charge on any atom is 0.358 e. The molecule has 0 aromatic heterocycles. The van der Waals surface area contributed by atoms with E-state index in [4.69, 9.17) is 14.5 Å². The van der Waals surface area contributed by atoms with Crippen LogP contribution in [-0.4, -0.2) is 37.3 Å². The number of nitrogens with zero attached hydrogens (tertiary/aromatic N) is 4. The predicted molar refractivity (Wildman–Crippen MR) is 111 cm³/mol. The molecule has 1 saturated heterocycles. The lowest BCUT2D eigenvalue weighted by atomic mass is 9.96. The van der Waals surface area contributed by atoms with Gasteiger partial charge in [0.1, 0.15) is 17.5 Å². The molecule has 32 heavy (non-hydrogen) atoms. The van der Waals surface area contributed by atoms with Crippen molar-refractivity contribution in [2.75, 3.05) is 0 Å². The van der Waals surface area contributed by atoms with Crippen molar-refractivity contribution in [3.63, 3.8) is 0 Å². The van der Waals surface area contributed by atoms with Gasteiger partial charge < -0.3 is 8.92 Å². The van der Waals surface area contributed by atoms with E-state index in [1.165, 1.54) is 6.07 Å². The molecule has 2 heterocycles.